The van der Waals surface area contributed by atoms with E-state index in [2.05, 4.69) is 0 Å². The van der Waals surface area contributed by atoms with Gasteiger partial charge in [-0.2, -0.15) is 0 Å². The van der Waals surface area contributed by atoms with Gasteiger partial charge in [0.25, 0.3) is 7.37 Å². The average Bonchev–Trinajstić information content (AvgIpc) is 2.58. The Balaban J connectivity index is 2.52. The SMILES string of the molecule is CC(=O)O[C@H](c1ccccc1)P(=O)(O)[C@@H](OC(C)=O)c1ccccc1. The van der Waals surface area contributed by atoms with E-state index in [1.54, 1.807) is 60.7 Å². The van der Waals surface area contributed by atoms with Gasteiger partial charge in [0, 0.05) is 25.0 Å². The zero-order valence-electron chi connectivity index (χ0n) is 13.9. The fraction of sp³-hybridized carbons (Fsp3) is 0.222. The number of hydrogen-bond acceptors (Lipinski definition) is 5. The molecule has 6 nitrogen and oxygen atoms in total. The fourth-order valence-electron chi connectivity index (χ4n) is 2.39. The summed E-state index contributed by atoms with van der Waals surface area (Å²) in [6.07, 6.45) is 0. The normalized spacial score (nSPS) is 15.5. The van der Waals surface area contributed by atoms with Crippen molar-refractivity contribution in [2.24, 2.45) is 0 Å². The lowest BCUT2D eigenvalue weighted by Gasteiger charge is -2.29. The Bertz CT molecular complexity index is 711. The molecule has 0 amide bonds. The summed E-state index contributed by atoms with van der Waals surface area (Å²) >= 11 is 0. The molecule has 0 aliphatic carbocycles. The average molecular weight is 362 g/mol. The maximum atomic E-state index is 13.3. The molecule has 1 N–H and O–H groups in total. The van der Waals surface area contributed by atoms with Gasteiger partial charge in [-0.25, -0.2) is 0 Å². The fourth-order valence-corrected chi connectivity index (χ4v) is 4.43. The molecule has 0 aliphatic heterocycles. The lowest BCUT2D eigenvalue weighted by molar-refractivity contribution is -0.144. The van der Waals surface area contributed by atoms with E-state index in [1.807, 2.05) is 0 Å². The quantitative estimate of drug-likeness (QED) is 0.621. The van der Waals surface area contributed by atoms with Crippen LogP contribution in [0.3, 0.4) is 0 Å². The van der Waals surface area contributed by atoms with Crippen molar-refractivity contribution in [3.63, 3.8) is 0 Å². The minimum Gasteiger partial charge on any atom is -0.447 e. The van der Waals surface area contributed by atoms with Crippen LogP contribution in [0.5, 0.6) is 0 Å². The predicted molar refractivity (Wildman–Crippen MR) is 91.7 cm³/mol. The van der Waals surface area contributed by atoms with Crippen molar-refractivity contribution >= 4 is 19.3 Å². The molecule has 0 spiro atoms. The molecule has 132 valence electrons. The first-order valence-electron chi connectivity index (χ1n) is 7.59. The van der Waals surface area contributed by atoms with Crippen LogP contribution in [0, 0.1) is 0 Å². The summed E-state index contributed by atoms with van der Waals surface area (Å²) in [5.74, 6) is -4.32. The molecule has 0 saturated carbocycles. The highest BCUT2D eigenvalue weighted by Gasteiger charge is 2.45. The Morgan fingerprint density at radius 3 is 1.40 bits per heavy atom. The maximum Gasteiger partial charge on any atom is 0.303 e. The van der Waals surface area contributed by atoms with Crippen molar-refractivity contribution in [3.05, 3.63) is 71.8 Å². The van der Waals surface area contributed by atoms with Gasteiger partial charge in [0.1, 0.15) is 0 Å². The minimum atomic E-state index is -4.35. The summed E-state index contributed by atoms with van der Waals surface area (Å²) in [5.41, 5.74) is 0.688. The first kappa shape index (κ1) is 18.9. The number of ether oxygens (including phenoxy) is 2. The zero-order valence-corrected chi connectivity index (χ0v) is 14.8. The third-order valence-corrected chi connectivity index (χ3v) is 5.55. The smallest absolute Gasteiger partial charge is 0.303 e. The molecule has 0 saturated heterocycles. The molecule has 0 aromatic heterocycles. The first-order valence-corrected chi connectivity index (χ1v) is 9.38. The molecule has 0 fully saturated rings. The highest BCUT2D eigenvalue weighted by Crippen LogP contribution is 2.66. The monoisotopic (exact) mass is 362 g/mol. The molecule has 1 unspecified atom stereocenters. The first-order chi connectivity index (χ1) is 11.8. The Morgan fingerprint density at radius 2 is 1.12 bits per heavy atom. The largest absolute Gasteiger partial charge is 0.447 e. The zero-order chi connectivity index (χ0) is 18.4. The van der Waals surface area contributed by atoms with Gasteiger partial charge in [0.2, 0.25) is 11.7 Å². The molecule has 3 atom stereocenters. The van der Waals surface area contributed by atoms with Gasteiger partial charge in [0.15, 0.2) is 0 Å². The van der Waals surface area contributed by atoms with E-state index < -0.39 is 31.0 Å². The van der Waals surface area contributed by atoms with Crippen molar-refractivity contribution < 1.29 is 28.5 Å². The van der Waals surface area contributed by atoms with Gasteiger partial charge in [-0.05, 0) is 0 Å². The van der Waals surface area contributed by atoms with Crippen molar-refractivity contribution in [1.29, 1.82) is 0 Å². The van der Waals surface area contributed by atoms with Gasteiger partial charge in [-0.1, -0.05) is 60.7 Å². The standard InChI is InChI=1S/C18H19O6P/c1-13(19)23-17(15-9-5-3-6-10-15)25(21,22)18(24-14(2)20)16-11-7-4-8-12-16/h3-12,17-18H,1-2H3,(H,21,22)/t17-,18+. The van der Waals surface area contributed by atoms with E-state index in [0.29, 0.717) is 11.1 Å². The number of rotatable bonds is 6. The second-order valence-electron chi connectivity index (χ2n) is 5.42. The second-order valence-corrected chi connectivity index (χ2v) is 7.70. The lowest BCUT2D eigenvalue weighted by Crippen LogP contribution is -2.17. The molecule has 0 radical (unpaired) electrons. The molecule has 0 heterocycles. The highest BCUT2D eigenvalue weighted by atomic mass is 31.2. The van der Waals surface area contributed by atoms with Gasteiger partial charge < -0.3 is 14.4 Å². The maximum absolute atomic E-state index is 13.3. The molecule has 2 rings (SSSR count). The van der Waals surface area contributed by atoms with E-state index in [4.69, 9.17) is 9.47 Å². The van der Waals surface area contributed by atoms with E-state index in [9.17, 15) is 19.0 Å². The summed E-state index contributed by atoms with van der Waals surface area (Å²) in [6, 6.07) is 16.4. The Hall–Kier alpha value is -2.43. The molecular formula is C18H19O6P. The Kier molecular flexibility index (Phi) is 6.12. The molecule has 2 aromatic carbocycles. The number of carbonyl (C=O) groups excluding carboxylic acids is 2. The van der Waals surface area contributed by atoms with Crippen LogP contribution in [0.25, 0.3) is 0 Å². The molecule has 0 bridgehead atoms. The van der Waals surface area contributed by atoms with E-state index in [0.717, 1.165) is 13.8 Å². The lowest BCUT2D eigenvalue weighted by atomic mass is 10.2. The number of carbonyl (C=O) groups is 2. The number of benzene rings is 2. The molecular weight excluding hydrogens is 343 g/mol. The molecule has 25 heavy (non-hydrogen) atoms. The van der Waals surface area contributed by atoms with E-state index in [1.165, 1.54) is 0 Å². The van der Waals surface area contributed by atoms with Gasteiger partial charge >= 0.3 is 11.9 Å². The van der Waals surface area contributed by atoms with E-state index >= 15 is 0 Å². The van der Waals surface area contributed by atoms with Gasteiger partial charge in [0.05, 0.1) is 0 Å². The molecule has 0 aliphatic rings. The topological polar surface area (TPSA) is 89.9 Å². The summed E-state index contributed by atoms with van der Waals surface area (Å²) in [4.78, 5) is 33.8. The van der Waals surface area contributed by atoms with Gasteiger partial charge in [-0.3, -0.25) is 14.2 Å². The van der Waals surface area contributed by atoms with Crippen molar-refractivity contribution in [2.75, 3.05) is 0 Å². The van der Waals surface area contributed by atoms with Crippen LogP contribution >= 0.6 is 7.37 Å². The third-order valence-electron chi connectivity index (χ3n) is 3.40. The van der Waals surface area contributed by atoms with E-state index in [-0.39, 0.29) is 0 Å². The number of esters is 2. The van der Waals surface area contributed by atoms with Crippen LogP contribution < -0.4 is 0 Å². The second kappa shape index (κ2) is 8.10. The Morgan fingerprint density at radius 1 is 0.800 bits per heavy atom. The molecule has 7 heteroatoms. The summed E-state index contributed by atoms with van der Waals surface area (Å²) < 4.78 is 23.6. The van der Waals surface area contributed by atoms with Crippen LogP contribution in [-0.2, 0) is 23.6 Å². The van der Waals surface area contributed by atoms with Crippen molar-refractivity contribution in [3.8, 4) is 0 Å². The summed E-state index contributed by atoms with van der Waals surface area (Å²) in [6.45, 7) is 2.30. The van der Waals surface area contributed by atoms with Gasteiger partial charge in [-0.15, -0.1) is 0 Å². The summed E-state index contributed by atoms with van der Waals surface area (Å²) in [7, 11) is -4.35. The number of hydrogen-bond donors (Lipinski definition) is 1. The van der Waals surface area contributed by atoms with Crippen molar-refractivity contribution in [1.82, 2.24) is 0 Å². The van der Waals surface area contributed by atoms with Crippen LogP contribution in [0.1, 0.15) is 36.7 Å². The summed E-state index contributed by atoms with van der Waals surface area (Å²) in [5, 5.41) is 0. The van der Waals surface area contributed by atoms with Crippen LogP contribution in [0.4, 0.5) is 0 Å². The van der Waals surface area contributed by atoms with Crippen LogP contribution in [-0.4, -0.2) is 16.8 Å². The predicted octanol–water partition coefficient (Wildman–Crippen LogP) is 3.78. The van der Waals surface area contributed by atoms with Crippen molar-refractivity contribution in [2.45, 2.75) is 25.5 Å². The molecule has 2 aromatic rings. The third kappa shape index (κ3) is 4.78. The van der Waals surface area contributed by atoms with Crippen LogP contribution in [0.15, 0.2) is 60.7 Å². The minimum absolute atomic E-state index is 0.344. The van der Waals surface area contributed by atoms with Crippen LogP contribution in [0.2, 0.25) is 0 Å². The Labute approximate surface area is 145 Å². The highest BCUT2D eigenvalue weighted by molar-refractivity contribution is 7.58.